The lowest BCUT2D eigenvalue weighted by molar-refractivity contribution is 0.232. The molecule has 1 rings (SSSR count). The number of aromatic nitrogens is 2. The van der Waals surface area contributed by atoms with E-state index in [9.17, 15) is 5.11 Å². The number of imidazole rings is 1. The first-order chi connectivity index (χ1) is 6.15. The minimum Gasteiger partial charge on any atom is -0.389 e. The van der Waals surface area contributed by atoms with Crippen molar-refractivity contribution >= 4 is 6.08 Å². The highest BCUT2D eigenvalue weighted by atomic mass is 16.3. The fourth-order valence-electron chi connectivity index (χ4n) is 1.07. The van der Waals surface area contributed by atoms with Crippen LogP contribution in [0.15, 0.2) is 18.1 Å². The number of rotatable bonds is 3. The van der Waals surface area contributed by atoms with Crippen molar-refractivity contribution in [2.75, 3.05) is 0 Å². The van der Waals surface area contributed by atoms with Gasteiger partial charge in [0, 0.05) is 6.54 Å². The maximum absolute atomic E-state index is 9.29. The van der Waals surface area contributed by atoms with E-state index in [1.165, 1.54) is 0 Å². The molecule has 0 fully saturated rings. The van der Waals surface area contributed by atoms with Crippen LogP contribution < -0.4 is 0 Å². The number of hydrogen-bond acceptors (Lipinski definition) is 2. The third-order valence-corrected chi connectivity index (χ3v) is 2.12. The summed E-state index contributed by atoms with van der Waals surface area (Å²) in [5.41, 5.74) is 2.00. The van der Waals surface area contributed by atoms with Crippen molar-refractivity contribution in [2.24, 2.45) is 0 Å². The molecule has 0 bridgehead atoms. The Morgan fingerprint density at radius 3 is 3.00 bits per heavy atom. The summed E-state index contributed by atoms with van der Waals surface area (Å²) in [6, 6.07) is 0. The van der Waals surface area contributed by atoms with Gasteiger partial charge >= 0.3 is 0 Å². The SMILES string of the molecule is CCn1cncc1/C=C(/C)C(C)O. The monoisotopic (exact) mass is 180 g/mol. The van der Waals surface area contributed by atoms with Crippen molar-refractivity contribution in [3.63, 3.8) is 0 Å². The summed E-state index contributed by atoms with van der Waals surface area (Å²) in [4.78, 5) is 4.04. The predicted octanol–water partition coefficient (Wildman–Crippen LogP) is 1.69. The summed E-state index contributed by atoms with van der Waals surface area (Å²) in [7, 11) is 0. The Bertz CT molecular complexity index is 300. The molecule has 1 N–H and O–H groups in total. The first-order valence-electron chi connectivity index (χ1n) is 4.51. The first kappa shape index (κ1) is 9.99. The molecule has 0 aliphatic rings. The van der Waals surface area contributed by atoms with E-state index in [2.05, 4.69) is 11.9 Å². The second kappa shape index (κ2) is 4.23. The van der Waals surface area contributed by atoms with Crippen molar-refractivity contribution in [3.05, 3.63) is 23.8 Å². The molecule has 3 nitrogen and oxygen atoms in total. The van der Waals surface area contributed by atoms with Crippen LogP contribution in [0.25, 0.3) is 6.08 Å². The van der Waals surface area contributed by atoms with Crippen LogP contribution in [0.1, 0.15) is 26.5 Å². The molecule has 1 heterocycles. The van der Waals surface area contributed by atoms with E-state index in [0.29, 0.717) is 0 Å². The van der Waals surface area contributed by atoms with Gasteiger partial charge in [-0.25, -0.2) is 4.98 Å². The number of aliphatic hydroxyl groups excluding tert-OH is 1. The predicted molar refractivity (Wildman–Crippen MR) is 53.2 cm³/mol. The Labute approximate surface area is 78.7 Å². The van der Waals surface area contributed by atoms with Crippen molar-refractivity contribution in [1.29, 1.82) is 0 Å². The lowest BCUT2D eigenvalue weighted by Crippen LogP contribution is -2.02. The molecule has 0 saturated heterocycles. The van der Waals surface area contributed by atoms with E-state index in [4.69, 9.17) is 0 Å². The van der Waals surface area contributed by atoms with E-state index in [1.807, 2.05) is 17.6 Å². The van der Waals surface area contributed by atoms with Crippen LogP contribution in [0.2, 0.25) is 0 Å². The summed E-state index contributed by atoms with van der Waals surface area (Å²) >= 11 is 0. The maximum atomic E-state index is 9.29. The summed E-state index contributed by atoms with van der Waals surface area (Å²) in [6.07, 6.45) is 5.16. The molecule has 3 heteroatoms. The summed E-state index contributed by atoms with van der Waals surface area (Å²) in [5, 5.41) is 9.29. The molecule has 0 spiro atoms. The molecule has 1 aromatic rings. The van der Waals surface area contributed by atoms with E-state index in [1.54, 1.807) is 19.4 Å². The largest absolute Gasteiger partial charge is 0.389 e. The van der Waals surface area contributed by atoms with Crippen LogP contribution in [0.5, 0.6) is 0 Å². The average molecular weight is 180 g/mol. The fraction of sp³-hybridized carbons (Fsp3) is 0.500. The Morgan fingerprint density at radius 2 is 2.46 bits per heavy atom. The number of aryl methyl sites for hydroxylation is 1. The van der Waals surface area contributed by atoms with Gasteiger partial charge in [-0.1, -0.05) is 0 Å². The molecule has 0 radical (unpaired) electrons. The molecular weight excluding hydrogens is 164 g/mol. The first-order valence-corrected chi connectivity index (χ1v) is 4.51. The van der Waals surface area contributed by atoms with Gasteiger partial charge in [0.1, 0.15) is 0 Å². The molecule has 72 valence electrons. The third kappa shape index (κ3) is 2.42. The molecule has 1 unspecified atom stereocenters. The smallest absolute Gasteiger partial charge is 0.0950 e. The summed E-state index contributed by atoms with van der Waals surface area (Å²) in [6.45, 7) is 6.64. The van der Waals surface area contributed by atoms with Crippen LogP contribution in [0, 0.1) is 0 Å². The van der Waals surface area contributed by atoms with Crippen LogP contribution in [-0.2, 0) is 6.54 Å². The zero-order valence-corrected chi connectivity index (χ0v) is 8.36. The molecule has 0 aromatic carbocycles. The Morgan fingerprint density at radius 1 is 1.77 bits per heavy atom. The third-order valence-electron chi connectivity index (χ3n) is 2.12. The van der Waals surface area contributed by atoms with Crippen molar-refractivity contribution in [2.45, 2.75) is 33.4 Å². The van der Waals surface area contributed by atoms with E-state index >= 15 is 0 Å². The summed E-state index contributed by atoms with van der Waals surface area (Å²) < 4.78 is 2.03. The minimum atomic E-state index is -0.389. The number of aliphatic hydroxyl groups is 1. The Kier molecular flexibility index (Phi) is 3.25. The highest BCUT2D eigenvalue weighted by molar-refractivity contribution is 5.48. The van der Waals surface area contributed by atoms with Gasteiger partial charge in [-0.15, -0.1) is 0 Å². The van der Waals surface area contributed by atoms with Gasteiger partial charge in [-0.05, 0) is 32.4 Å². The van der Waals surface area contributed by atoms with Gasteiger partial charge < -0.3 is 9.67 Å². The highest BCUT2D eigenvalue weighted by Crippen LogP contribution is 2.09. The van der Waals surface area contributed by atoms with Gasteiger partial charge in [0.15, 0.2) is 0 Å². The molecule has 1 atom stereocenters. The van der Waals surface area contributed by atoms with Gasteiger partial charge in [0.2, 0.25) is 0 Å². The van der Waals surface area contributed by atoms with E-state index < -0.39 is 0 Å². The fourth-order valence-corrected chi connectivity index (χ4v) is 1.07. The lowest BCUT2D eigenvalue weighted by Gasteiger charge is -2.05. The Balaban J connectivity index is 2.89. The second-order valence-corrected chi connectivity index (χ2v) is 3.17. The quantitative estimate of drug-likeness (QED) is 0.768. The number of hydrogen-bond donors (Lipinski definition) is 1. The van der Waals surface area contributed by atoms with Crippen molar-refractivity contribution in [3.8, 4) is 0 Å². The molecule has 0 aliphatic carbocycles. The van der Waals surface area contributed by atoms with Gasteiger partial charge in [-0.3, -0.25) is 0 Å². The molecular formula is C10H16N2O. The maximum Gasteiger partial charge on any atom is 0.0950 e. The van der Waals surface area contributed by atoms with Crippen LogP contribution in [0.3, 0.4) is 0 Å². The molecule has 13 heavy (non-hydrogen) atoms. The van der Waals surface area contributed by atoms with Crippen molar-refractivity contribution < 1.29 is 5.11 Å². The molecule has 0 saturated carbocycles. The number of nitrogens with zero attached hydrogens (tertiary/aromatic N) is 2. The Hall–Kier alpha value is -1.09. The summed E-state index contributed by atoms with van der Waals surface area (Å²) in [5.74, 6) is 0. The topological polar surface area (TPSA) is 38.0 Å². The standard InChI is InChI=1S/C10H16N2O/c1-4-12-7-11-6-10(12)5-8(2)9(3)13/h5-7,9,13H,4H2,1-3H3/b8-5-. The minimum absolute atomic E-state index is 0.389. The molecule has 0 amide bonds. The van der Waals surface area contributed by atoms with Crippen LogP contribution >= 0.6 is 0 Å². The molecule has 1 aromatic heterocycles. The van der Waals surface area contributed by atoms with E-state index in [-0.39, 0.29) is 6.10 Å². The van der Waals surface area contributed by atoms with Gasteiger partial charge in [0.25, 0.3) is 0 Å². The highest BCUT2D eigenvalue weighted by Gasteiger charge is 2.01. The average Bonchev–Trinajstić information content (AvgIpc) is 2.51. The normalized spacial score (nSPS) is 14.6. The van der Waals surface area contributed by atoms with Gasteiger partial charge in [-0.2, -0.15) is 0 Å². The zero-order chi connectivity index (χ0) is 9.84. The zero-order valence-electron chi connectivity index (χ0n) is 8.36. The second-order valence-electron chi connectivity index (χ2n) is 3.17. The van der Waals surface area contributed by atoms with Crippen molar-refractivity contribution in [1.82, 2.24) is 9.55 Å². The lowest BCUT2D eigenvalue weighted by atomic mass is 10.1. The van der Waals surface area contributed by atoms with Crippen LogP contribution in [-0.4, -0.2) is 20.8 Å². The van der Waals surface area contributed by atoms with Gasteiger partial charge in [0.05, 0.1) is 24.3 Å². The molecule has 0 aliphatic heterocycles. The van der Waals surface area contributed by atoms with E-state index in [0.717, 1.165) is 17.8 Å². The van der Waals surface area contributed by atoms with Crippen LogP contribution in [0.4, 0.5) is 0 Å².